The van der Waals surface area contributed by atoms with Crippen molar-refractivity contribution in [2.24, 2.45) is 0 Å². The molecule has 1 aliphatic heterocycles. The predicted octanol–water partition coefficient (Wildman–Crippen LogP) is 14.0. The Labute approximate surface area is 316 Å². The van der Waals surface area contributed by atoms with Crippen molar-refractivity contribution in [1.29, 1.82) is 0 Å². The molecule has 2 heterocycles. The summed E-state index contributed by atoms with van der Waals surface area (Å²) in [4.78, 5) is 4.77. The molecule has 0 atom stereocenters. The maximum atomic E-state index is 2.47. The number of anilines is 6. The van der Waals surface area contributed by atoms with Crippen LogP contribution in [0.4, 0.5) is 34.1 Å². The lowest BCUT2D eigenvalue weighted by molar-refractivity contribution is 0.632. The number of hydrogen-bond donors (Lipinski definition) is 0. The molecule has 0 N–H and O–H groups in total. The molecule has 258 valence electrons. The van der Waals surface area contributed by atoms with Crippen LogP contribution in [-0.4, -0.2) is 4.57 Å². The highest BCUT2D eigenvalue weighted by molar-refractivity contribution is 6.11. The molecule has 0 spiro atoms. The molecule has 1 aliphatic rings. The molecule has 0 amide bonds. The SMILES string of the molecule is CC1(C)c2ccccc2N(c2ccc3c(c2)c2ccccc2n3-c2ccccc2)c2ccc(-c3ccc(N(c4ccccc4)c4ccccc4)cc3)cc21. The number of hydrogen-bond acceptors (Lipinski definition) is 2. The van der Waals surface area contributed by atoms with Crippen molar-refractivity contribution in [2.75, 3.05) is 9.80 Å². The Morgan fingerprint density at radius 3 is 1.67 bits per heavy atom. The van der Waals surface area contributed by atoms with Crippen molar-refractivity contribution < 1.29 is 0 Å². The molecule has 54 heavy (non-hydrogen) atoms. The molecule has 10 rings (SSSR count). The third-order valence-corrected chi connectivity index (χ3v) is 11.1. The number of fused-ring (bicyclic) bond motifs is 5. The van der Waals surface area contributed by atoms with Gasteiger partial charge in [0.05, 0.1) is 22.4 Å². The topological polar surface area (TPSA) is 11.4 Å². The average molecular weight is 694 g/mol. The Morgan fingerprint density at radius 2 is 0.944 bits per heavy atom. The van der Waals surface area contributed by atoms with Crippen LogP contribution in [0, 0.1) is 0 Å². The van der Waals surface area contributed by atoms with Gasteiger partial charge in [-0.15, -0.1) is 0 Å². The summed E-state index contributed by atoms with van der Waals surface area (Å²) in [5, 5.41) is 2.49. The van der Waals surface area contributed by atoms with Crippen LogP contribution in [0.15, 0.2) is 200 Å². The van der Waals surface area contributed by atoms with E-state index in [2.05, 4.69) is 228 Å². The molecule has 3 nitrogen and oxygen atoms in total. The number of aromatic nitrogens is 1. The molecular formula is C51H39N3. The van der Waals surface area contributed by atoms with Crippen LogP contribution in [0.5, 0.6) is 0 Å². The zero-order valence-electron chi connectivity index (χ0n) is 30.4. The van der Waals surface area contributed by atoms with E-state index in [9.17, 15) is 0 Å². The fourth-order valence-corrected chi connectivity index (χ4v) is 8.52. The van der Waals surface area contributed by atoms with E-state index in [1.807, 2.05) is 0 Å². The normalized spacial score (nSPS) is 13.1. The second-order valence-corrected chi connectivity index (χ2v) is 14.7. The Bertz CT molecular complexity index is 2740. The highest BCUT2D eigenvalue weighted by Crippen LogP contribution is 2.53. The largest absolute Gasteiger partial charge is 0.311 e. The van der Waals surface area contributed by atoms with Gasteiger partial charge in [-0.3, -0.25) is 0 Å². The van der Waals surface area contributed by atoms with Crippen LogP contribution < -0.4 is 9.80 Å². The van der Waals surface area contributed by atoms with Crippen LogP contribution in [0.25, 0.3) is 38.6 Å². The lowest BCUT2D eigenvalue weighted by Gasteiger charge is -2.42. The van der Waals surface area contributed by atoms with E-state index in [4.69, 9.17) is 0 Å². The van der Waals surface area contributed by atoms with Crippen LogP contribution in [-0.2, 0) is 5.41 Å². The molecule has 0 saturated heterocycles. The number of benzene rings is 8. The molecule has 3 heteroatoms. The van der Waals surface area contributed by atoms with E-state index in [0.717, 1.165) is 22.7 Å². The molecule has 0 fully saturated rings. The van der Waals surface area contributed by atoms with Crippen LogP contribution in [0.3, 0.4) is 0 Å². The molecule has 0 saturated carbocycles. The molecule has 0 aliphatic carbocycles. The fourth-order valence-electron chi connectivity index (χ4n) is 8.52. The zero-order valence-corrected chi connectivity index (χ0v) is 30.4. The zero-order chi connectivity index (χ0) is 36.2. The van der Waals surface area contributed by atoms with Gasteiger partial charge in [-0.25, -0.2) is 0 Å². The van der Waals surface area contributed by atoms with Gasteiger partial charge in [-0.2, -0.15) is 0 Å². The van der Waals surface area contributed by atoms with E-state index >= 15 is 0 Å². The van der Waals surface area contributed by atoms with Gasteiger partial charge in [0.25, 0.3) is 0 Å². The fraction of sp³-hybridized carbons (Fsp3) is 0.0588. The highest BCUT2D eigenvalue weighted by atomic mass is 15.2. The molecule has 0 bridgehead atoms. The van der Waals surface area contributed by atoms with Crippen LogP contribution >= 0.6 is 0 Å². The van der Waals surface area contributed by atoms with E-state index in [1.54, 1.807) is 0 Å². The highest BCUT2D eigenvalue weighted by Gasteiger charge is 2.37. The van der Waals surface area contributed by atoms with Gasteiger partial charge in [0, 0.05) is 44.6 Å². The quantitative estimate of drug-likeness (QED) is 0.172. The van der Waals surface area contributed by atoms with Crippen LogP contribution in [0.1, 0.15) is 25.0 Å². The summed E-state index contributed by atoms with van der Waals surface area (Å²) in [6, 6.07) is 72.5. The first-order chi connectivity index (χ1) is 26.6. The second kappa shape index (κ2) is 12.7. The van der Waals surface area contributed by atoms with E-state index in [0.29, 0.717) is 0 Å². The van der Waals surface area contributed by atoms with Gasteiger partial charge in [0.15, 0.2) is 0 Å². The van der Waals surface area contributed by atoms with Crippen molar-refractivity contribution in [2.45, 2.75) is 19.3 Å². The number of nitrogens with zero attached hydrogens (tertiary/aromatic N) is 3. The first-order valence-electron chi connectivity index (χ1n) is 18.7. The van der Waals surface area contributed by atoms with Gasteiger partial charge in [-0.1, -0.05) is 123 Å². The molecule has 1 aromatic heterocycles. The van der Waals surface area contributed by atoms with Gasteiger partial charge < -0.3 is 14.4 Å². The number of para-hydroxylation sites is 5. The minimum absolute atomic E-state index is 0.205. The molecule has 9 aromatic rings. The predicted molar refractivity (Wildman–Crippen MR) is 228 cm³/mol. The Morgan fingerprint density at radius 1 is 0.389 bits per heavy atom. The average Bonchev–Trinajstić information content (AvgIpc) is 3.56. The molecule has 0 unspecified atom stereocenters. The lowest BCUT2D eigenvalue weighted by Crippen LogP contribution is -2.30. The van der Waals surface area contributed by atoms with E-state index in [-0.39, 0.29) is 5.41 Å². The van der Waals surface area contributed by atoms with Crippen molar-refractivity contribution in [3.8, 4) is 16.8 Å². The number of rotatable bonds is 6. The maximum absolute atomic E-state index is 2.47. The van der Waals surface area contributed by atoms with E-state index in [1.165, 1.54) is 61.1 Å². The van der Waals surface area contributed by atoms with Crippen molar-refractivity contribution in [3.05, 3.63) is 211 Å². The Balaban J connectivity index is 1.09. The first kappa shape index (κ1) is 31.9. The Hall–Kier alpha value is -6.84. The summed E-state index contributed by atoms with van der Waals surface area (Å²) in [5.74, 6) is 0. The van der Waals surface area contributed by atoms with Gasteiger partial charge >= 0.3 is 0 Å². The summed E-state index contributed by atoms with van der Waals surface area (Å²) in [7, 11) is 0. The third kappa shape index (κ3) is 5.12. The van der Waals surface area contributed by atoms with Crippen LogP contribution in [0.2, 0.25) is 0 Å². The van der Waals surface area contributed by atoms with Gasteiger partial charge in [-0.05, 0) is 113 Å². The van der Waals surface area contributed by atoms with Crippen molar-refractivity contribution >= 4 is 55.9 Å². The summed E-state index contributed by atoms with van der Waals surface area (Å²) >= 11 is 0. The lowest BCUT2D eigenvalue weighted by atomic mass is 9.73. The minimum Gasteiger partial charge on any atom is -0.311 e. The summed E-state index contributed by atoms with van der Waals surface area (Å²) < 4.78 is 2.38. The summed E-state index contributed by atoms with van der Waals surface area (Å²) in [6.45, 7) is 4.73. The Kier molecular flexibility index (Phi) is 7.48. The summed E-state index contributed by atoms with van der Waals surface area (Å²) in [6.07, 6.45) is 0. The van der Waals surface area contributed by atoms with Gasteiger partial charge in [0.2, 0.25) is 0 Å². The summed E-state index contributed by atoms with van der Waals surface area (Å²) in [5.41, 5.74) is 15.4. The van der Waals surface area contributed by atoms with Gasteiger partial charge in [0.1, 0.15) is 0 Å². The van der Waals surface area contributed by atoms with Crippen molar-refractivity contribution in [3.63, 3.8) is 0 Å². The second-order valence-electron chi connectivity index (χ2n) is 14.7. The monoisotopic (exact) mass is 693 g/mol. The molecular weight excluding hydrogens is 655 g/mol. The first-order valence-corrected chi connectivity index (χ1v) is 18.7. The maximum Gasteiger partial charge on any atom is 0.0542 e. The molecule has 8 aromatic carbocycles. The third-order valence-electron chi connectivity index (χ3n) is 11.1. The standard InChI is InChI=1S/C51H39N3/c1-51(2)45-23-13-15-25-49(45)54(42-31-33-48-44(35-42)43-22-12-14-24-47(43)53(48)40-20-10-5-11-21-40)50-32-28-37(34-46(50)51)36-26-29-41(30-27-36)52(38-16-6-3-7-17-38)39-18-8-4-9-19-39/h3-35H,1-2H3. The minimum atomic E-state index is -0.205. The van der Waals surface area contributed by atoms with Crippen molar-refractivity contribution in [1.82, 2.24) is 4.57 Å². The smallest absolute Gasteiger partial charge is 0.0542 e. The van der Waals surface area contributed by atoms with E-state index < -0.39 is 0 Å². The molecule has 0 radical (unpaired) electrons.